The lowest BCUT2D eigenvalue weighted by atomic mass is 10.3. The first-order valence-electron chi connectivity index (χ1n) is 4.59. The Morgan fingerprint density at radius 1 is 1.46 bits per heavy atom. The molecule has 0 fully saturated rings. The van der Waals surface area contributed by atoms with E-state index in [1.807, 2.05) is 0 Å². The second-order valence-electron chi connectivity index (χ2n) is 3.34. The Balaban J connectivity index is 3.73. The van der Waals surface area contributed by atoms with Crippen molar-refractivity contribution in [2.45, 2.75) is 26.3 Å². The van der Waals surface area contributed by atoms with Crippen LogP contribution in [0.25, 0.3) is 0 Å². The van der Waals surface area contributed by atoms with Crippen LogP contribution in [-0.2, 0) is 9.53 Å². The number of hydrogen-bond acceptors (Lipinski definition) is 3. The van der Waals surface area contributed by atoms with Crippen molar-refractivity contribution in [3.8, 4) is 0 Å². The van der Waals surface area contributed by atoms with E-state index in [4.69, 9.17) is 10.5 Å². The Labute approximate surface area is 80.0 Å². The Morgan fingerprint density at radius 3 is 2.46 bits per heavy atom. The van der Waals surface area contributed by atoms with Crippen molar-refractivity contribution in [3.63, 3.8) is 0 Å². The smallest absolute Gasteiger partial charge is 0.218 e. The van der Waals surface area contributed by atoms with E-state index in [0.717, 1.165) is 13.1 Å². The van der Waals surface area contributed by atoms with Crippen molar-refractivity contribution in [1.29, 1.82) is 0 Å². The van der Waals surface area contributed by atoms with Crippen LogP contribution in [0.5, 0.6) is 0 Å². The molecule has 0 aliphatic heterocycles. The highest BCUT2D eigenvalue weighted by molar-refractivity contribution is 5.73. The van der Waals surface area contributed by atoms with Gasteiger partial charge in [-0.25, -0.2) is 0 Å². The zero-order valence-electron chi connectivity index (χ0n) is 8.75. The molecule has 0 saturated heterocycles. The molecule has 0 unspecified atom stereocenters. The van der Waals surface area contributed by atoms with Gasteiger partial charge in [0.25, 0.3) is 0 Å². The molecule has 0 spiro atoms. The zero-order valence-corrected chi connectivity index (χ0v) is 8.75. The summed E-state index contributed by atoms with van der Waals surface area (Å²) >= 11 is 0. The van der Waals surface area contributed by atoms with Gasteiger partial charge in [-0.2, -0.15) is 0 Å². The van der Waals surface area contributed by atoms with E-state index < -0.39 is 0 Å². The largest absolute Gasteiger partial charge is 0.383 e. The van der Waals surface area contributed by atoms with Gasteiger partial charge in [-0.1, -0.05) is 0 Å². The third kappa shape index (κ3) is 6.54. The lowest BCUT2D eigenvalue weighted by Gasteiger charge is -2.25. The number of rotatable bonds is 7. The highest BCUT2D eigenvalue weighted by atomic mass is 16.5. The highest BCUT2D eigenvalue weighted by Crippen LogP contribution is 1.98. The first kappa shape index (κ1) is 12.4. The van der Waals surface area contributed by atoms with Gasteiger partial charge in [-0.05, 0) is 13.8 Å². The van der Waals surface area contributed by atoms with Crippen molar-refractivity contribution in [1.82, 2.24) is 4.90 Å². The minimum Gasteiger partial charge on any atom is -0.383 e. The lowest BCUT2D eigenvalue weighted by Crippen LogP contribution is -2.36. The predicted molar refractivity (Wildman–Crippen MR) is 52.4 cm³/mol. The molecule has 4 heteroatoms. The number of primary amides is 1. The Hall–Kier alpha value is -0.610. The second-order valence-corrected chi connectivity index (χ2v) is 3.34. The summed E-state index contributed by atoms with van der Waals surface area (Å²) in [6.07, 6.45) is 0.419. The Bertz CT molecular complexity index is 149. The van der Waals surface area contributed by atoms with Crippen LogP contribution in [0.4, 0.5) is 0 Å². The van der Waals surface area contributed by atoms with Crippen molar-refractivity contribution >= 4 is 5.91 Å². The molecular formula is C9H20N2O2. The molecule has 0 aliphatic carbocycles. The average molecular weight is 188 g/mol. The molecule has 0 aromatic heterocycles. The Kier molecular flexibility index (Phi) is 6.54. The molecule has 0 aliphatic rings. The molecule has 78 valence electrons. The summed E-state index contributed by atoms with van der Waals surface area (Å²) in [5, 5.41) is 0. The monoisotopic (exact) mass is 188 g/mol. The maximum absolute atomic E-state index is 10.6. The standard InChI is InChI=1S/C9H20N2O2/c1-8(2)11(6-7-13-3)5-4-9(10)12/h8H,4-7H2,1-3H3,(H2,10,12). The van der Waals surface area contributed by atoms with Gasteiger partial charge in [-0.3, -0.25) is 9.69 Å². The molecule has 0 aromatic carbocycles. The minimum absolute atomic E-state index is 0.247. The third-order valence-corrected chi connectivity index (χ3v) is 1.96. The molecule has 0 aromatic rings. The molecule has 0 heterocycles. The number of amides is 1. The molecule has 0 radical (unpaired) electrons. The third-order valence-electron chi connectivity index (χ3n) is 1.96. The van der Waals surface area contributed by atoms with Crippen LogP contribution in [0, 0.1) is 0 Å². The van der Waals surface area contributed by atoms with E-state index in [0.29, 0.717) is 19.1 Å². The fourth-order valence-electron chi connectivity index (χ4n) is 1.09. The van der Waals surface area contributed by atoms with Crippen LogP contribution in [0.1, 0.15) is 20.3 Å². The van der Waals surface area contributed by atoms with Crippen LogP contribution in [-0.4, -0.2) is 43.7 Å². The van der Waals surface area contributed by atoms with Crippen molar-refractivity contribution in [2.24, 2.45) is 5.73 Å². The summed E-state index contributed by atoms with van der Waals surface area (Å²) in [5.74, 6) is -0.247. The van der Waals surface area contributed by atoms with Crippen LogP contribution in [0.2, 0.25) is 0 Å². The van der Waals surface area contributed by atoms with Gasteiger partial charge in [0.05, 0.1) is 6.61 Å². The van der Waals surface area contributed by atoms with Crippen LogP contribution in [0.3, 0.4) is 0 Å². The minimum atomic E-state index is -0.247. The van der Waals surface area contributed by atoms with E-state index in [-0.39, 0.29) is 5.91 Å². The fourth-order valence-corrected chi connectivity index (χ4v) is 1.09. The van der Waals surface area contributed by atoms with E-state index >= 15 is 0 Å². The SMILES string of the molecule is COCCN(CCC(N)=O)C(C)C. The molecule has 2 N–H and O–H groups in total. The van der Waals surface area contributed by atoms with Gasteiger partial charge >= 0.3 is 0 Å². The number of ether oxygens (including phenoxy) is 1. The number of methoxy groups -OCH3 is 1. The van der Waals surface area contributed by atoms with Crippen LogP contribution < -0.4 is 5.73 Å². The van der Waals surface area contributed by atoms with Crippen LogP contribution in [0.15, 0.2) is 0 Å². The highest BCUT2D eigenvalue weighted by Gasteiger charge is 2.09. The predicted octanol–water partition coefficient (Wildman–Crippen LogP) is 0.219. The number of hydrogen-bond donors (Lipinski definition) is 1. The molecule has 4 nitrogen and oxygen atoms in total. The maximum atomic E-state index is 10.6. The summed E-state index contributed by atoms with van der Waals surface area (Å²) in [5.41, 5.74) is 5.07. The molecule has 0 rings (SSSR count). The van der Waals surface area contributed by atoms with Crippen molar-refractivity contribution in [2.75, 3.05) is 26.8 Å². The normalized spacial score (nSPS) is 11.2. The van der Waals surface area contributed by atoms with Gasteiger partial charge < -0.3 is 10.5 Å². The number of nitrogens with zero attached hydrogens (tertiary/aromatic N) is 1. The van der Waals surface area contributed by atoms with E-state index in [1.165, 1.54) is 0 Å². The first-order valence-corrected chi connectivity index (χ1v) is 4.59. The van der Waals surface area contributed by atoms with E-state index in [1.54, 1.807) is 7.11 Å². The van der Waals surface area contributed by atoms with Gasteiger partial charge in [0, 0.05) is 32.7 Å². The summed E-state index contributed by atoms with van der Waals surface area (Å²) in [7, 11) is 1.67. The quantitative estimate of drug-likeness (QED) is 0.621. The van der Waals surface area contributed by atoms with E-state index in [9.17, 15) is 4.79 Å². The van der Waals surface area contributed by atoms with Gasteiger partial charge in [0.2, 0.25) is 5.91 Å². The molecule has 0 bridgehead atoms. The fraction of sp³-hybridized carbons (Fsp3) is 0.889. The van der Waals surface area contributed by atoms with Crippen LogP contribution >= 0.6 is 0 Å². The molecular weight excluding hydrogens is 168 g/mol. The maximum Gasteiger partial charge on any atom is 0.218 e. The molecule has 13 heavy (non-hydrogen) atoms. The number of nitrogens with two attached hydrogens (primary N) is 1. The molecule has 0 atom stereocenters. The topological polar surface area (TPSA) is 55.6 Å². The second kappa shape index (κ2) is 6.86. The number of carbonyl (C=O) groups excluding carboxylic acids is 1. The Morgan fingerprint density at radius 2 is 2.08 bits per heavy atom. The number of carbonyl (C=O) groups is 1. The summed E-state index contributed by atoms with van der Waals surface area (Å²) < 4.78 is 4.97. The van der Waals surface area contributed by atoms with Gasteiger partial charge in [-0.15, -0.1) is 0 Å². The van der Waals surface area contributed by atoms with Crippen molar-refractivity contribution in [3.05, 3.63) is 0 Å². The summed E-state index contributed by atoms with van der Waals surface area (Å²) in [4.78, 5) is 12.7. The lowest BCUT2D eigenvalue weighted by molar-refractivity contribution is -0.118. The van der Waals surface area contributed by atoms with Crippen molar-refractivity contribution < 1.29 is 9.53 Å². The van der Waals surface area contributed by atoms with Gasteiger partial charge in [0.1, 0.15) is 0 Å². The summed E-state index contributed by atoms with van der Waals surface area (Å²) in [6, 6.07) is 0.425. The van der Waals surface area contributed by atoms with Gasteiger partial charge in [0.15, 0.2) is 0 Å². The van der Waals surface area contributed by atoms with E-state index in [2.05, 4.69) is 18.7 Å². The zero-order chi connectivity index (χ0) is 10.3. The summed E-state index contributed by atoms with van der Waals surface area (Å²) in [6.45, 7) is 6.45. The first-order chi connectivity index (χ1) is 6.07. The average Bonchev–Trinajstić information content (AvgIpc) is 2.03. The molecule has 1 amide bonds. The molecule has 0 saturated carbocycles.